The number of anilines is 1. The Bertz CT molecular complexity index is 940. The normalized spacial score (nSPS) is 18.5. The van der Waals surface area contributed by atoms with E-state index in [1.54, 1.807) is 24.0 Å². The molecule has 3 rings (SSSR count). The number of carbonyl (C=O) groups excluding carboxylic acids is 2. The van der Waals surface area contributed by atoms with E-state index >= 15 is 0 Å². The SMILES string of the molecule is CCN(Cc1ccccc1)C(=O)c1ccc(N2C(=O)C(C)CS2(=O)=O)cc1. The molecule has 1 aliphatic rings. The van der Waals surface area contributed by atoms with Crippen molar-refractivity contribution < 1.29 is 18.0 Å². The van der Waals surface area contributed by atoms with E-state index in [-0.39, 0.29) is 17.3 Å². The molecule has 0 radical (unpaired) electrons. The van der Waals surface area contributed by atoms with Crippen LogP contribution in [-0.2, 0) is 21.4 Å². The minimum Gasteiger partial charge on any atom is -0.335 e. The maximum Gasteiger partial charge on any atom is 0.254 e. The van der Waals surface area contributed by atoms with E-state index in [1.165, 1.54) is 12.1 Å². The van der Waals surface area contributed by atoms with Crippen molar-refractivity contribution in [1.29, 1.82) is 0 Å². The van der Waals surface area contributed by atoms with Gasteiger partial charge in [-0.2, -0.15) is 0 Å². The topological polar surface area (TPSA) is 74.8 Å². The number of nitrogens with zero attached hydrogens (tertiary/aromatic N) is 2. The Hall–Kier alpha value is -2.67. The predicted octanol–water partition coefficient (Wildman–Crippen LogP) is 2.66. The largest absolute Gasteiger partial charge is 0.335 e. The first kappa shape index (κ1) is 19.1. The fourth-order valence-electron chi connectivity index (χ4n) is 3.14. The van der Waals surface area contributed by atoms with E-state index < -0.39 is 21.8 Å². The summed E-state index contributed by atoms with van der Waals surface area (Å²) in [6.07, 6.45) is 0. The molecule has 2 aromatic carbocycles. The highest BCUT2D eigenvalue weighted by Crippen LogP contribution is 2.28. The molecule has 27 heavy (non-hydrogen) atoms. The molecular weight excluding hydrogens is 364 g/mol. The number of amides is 2. The fraction of sp³-hybridized carbons (Fsp3) is 0.300. The number of hydrogen-bond donors (Lipinski definition) is 0. The minimum absolute atomic E-state index is 0.142. The molecule has 1 saturated heterocycles. The van der Waals surface area contributed by atoms with Crippen LogP contribution in [0.25, 0.3) is 0 Å². The van der Waals surface area contributed by atoms with Gasteiger partial charge in [0.05, 0.1) is 17.4 Å². The molecule has 1 atom stereocenters. The molecule has 0 saturated carbocycles. The second-order valence-corrected chi connectivity index (χ2v) is 8.50. The highest BCUT2D eigenvalue weighted by atomic mass is 32.2. The molecule has 2 aromatic rings. The Labute approximate surface area is 159 Å². The van der Waals surface area contributed by atoms with Gasteiger partial charge < -0.3 is 4.90 Å². The summed E-state index contributed by atoms with van der Waals surface area (Å²) < 4.78 is 25.2. The molecule has 1 aliphatic heterocycles. The molecular formula is C20H22N2O4S. The number of rotatable bonds is 5. The first-order chi connectivity index (χ1) is 12.8. The second kappa shape index (κ2) is 7.52. The molecule has 0 aromatic heterocycles. The van der Waals surface area contributed by atoms with Crippen molar-refractivity contribution in [3.63, 3.8) is 0 Å². The van der Waals surface area contributed by atoms with Gasteiger partial charge in [-0.1, -0.05) is 37.3 Å². The highest BCUT2D eigenvalue weighted by Gasteiger charge is 2.41. The van der Waals surface area contributed by atoms with Crippen LogP contribution < -0.4 is 4.31 Å². The molecule has 0 aliphatic carbocycles. The van der Waals surface area contributed by atoms with Gasteiger partial charge >= 0.3 is 0 Å². The van der Waals surface area contributed by atoms with Crippen LogP contribution in [0.15, 0.2) is 54.6 Å². The molecule has 0 N–H and O–H groups in total. The first-order valence-corrected chi connectivity index (χ1v) is 10.4. The lowest BCUT2D eigenvalue weighted by Crippen LogP contribution is -2.31. The van der Waals surface area contributed by atoms with E-state index in [4.69, 9.17) is 0 Å². The standard InChI is InChI=1S/C20H22N2O4S/c1-3-21(13-16-7-5-4-6-8-16)20(24)17-9-11-18(12-10-17)22-19(23)15(2)14-27(22,25)26/h4-12,15H,3,13-14H2,1-2H3. The quantitative estimate of drug-likeness (QED) is 0.792. The van der Waals surface area contributed by atoms with Crippen molar-refractivity contribution in [2.24, 2.45) is 5.92 Å². The van der Waals surface area contributed by atoms with Crippen LogP contribution in [-0.4, -0.2) is 37.4 Å². The van der Waals surface area contributed by atoms with E-state index in [9.17, 15) is 18.0 Å². The summed E-state index contributed by atoms with van der Waals surface area (Å²) in [5.74, 6) is -1.32. The van der Waals surface area contributed by atoms with Gasteiger partial charge in [-0.25, -0.2) is 12.7 Å². The molecule has 1 heterocycles. The van der Waals surface area contributed by atoms with Crippen LogP contribution in [0.3, 0.4) is 0 Å². The van der Waals surface area contributed by atoms with Crippen molar-refractivity contribution >= 4 is 27.5 Å². The third kappa shape index (κ3) is 3.88. The van der Waals surface area contributed by atoms with Crippen LogP contribution in [0, 0.1) is 5.92 Å². The zero-order valence-electron chi connectivity index (χ0n) is 15.3. The smallest absolute Gasteiger partial charge is 0.254 e. The monoisotopic (exact) mass is 386 g/mol. The van der Waals surface area contributed by atoms with Crippen LogP contribution in [0.2, 0.25) is 0 Å². The van der Waals surface area contributed by atoms with Gasteiger partial charge in [0.25, 0.3) is 5.91 Å². The lowest BCUT2D eigenvalue weighted by molar-refractivity contribution is -0.119. The van der Waals surface area contributed by atoms with Crippen molar-refractivity contribution in [3.8, 4) is 0 Å². The van der Waals surface area contributed by atoms with Gasteiger partial charge in [-0.05, 0) is 36.8 Å². The zero-order valence-corrected chi connectivity index (χ0v) is 16.1. The Morgan fingerprint density at radius 2 is 1.74 bits per heavy atom. The fourth-order valence-corrected chi connectivity index (χ4v) is 4.96. The summed E-state index contributed by atoms with van der Waals surface area (Å²) in [7, 11) is -3.64. The molecule has 2 amide bonds. The average Bonchev–Trinajstić information content (AvgIpc) is 2.87. The number of hydrogen-bond acceptors (Lipinski definition) is 4. The first-order valence-electron chi connectivity index (χ1n) is 8.83. The number of benzene rings is 2. The van der Waals surface area contributed by atoms with Gasteiger partial charge in [0.15, 0.2) is 0 Å². The van der Waals surface area contributed by atoms with Crippen LogP contribution in [0.4, 0.5) is 5.69 Å². The highest BCUT2D eigenvalue weighted by molar-refractivity contribution is 7.94. The van der Waals surface area contributed by atoms with E-state index in [2.05, 4.69) is 0 Å². The maximum atomic E-state index is 12.8. The summed E-state index contributed by atoms with van der Waals surface area (Å²) >= 11 is 0. The zero-order chi connectivity index (χ0) is 19.6. The van der Waals surface area contributed by atoms with E-state index in [0.29, 0.717) is 18.7 Å². The molecule has 1 unspecified atom stereocenters. The average molecular weight is 386 g/mol. The van der Waals surface area contributed by atoms with Crippen LogP contribution >= 0.6 is 0 Å². The lowest BCUT2D eigenvalue weighted by atomic mass is 10.1. The Morgan fingerprint density at radius 3 is 2.26 bits per heavy atom. The summed E-state index contributed by atoms with van der Waals surface area (Å²) in [4.78, 5) is 26.7. The van der Waals surface area contributed by atoms with Gasteiger partial charge in [-0.3, -0.25) is 9.59 Å². The van der Waals surface area contributed by atoms with Crippen molar-refractivity contribution in [1.82, 2.24) is 4.90 Å². The van der Waals surface area contributed by atoms with Crippen LogP contribution in [0.1, 0.15) is 29.8 Å². The molecule has 6 nitrogen and oxygen atoms in total. The molecule has 1 fully saturated rings. The molecule has 0 spiro atoms. The Balaban J connectivity index is 1.80. The van der Waals surface area contributed by atoms with Gasteiger partial charge in [-0.15, -0.1) is 0 Å². The molecule has 142 valence electrons. The number of sulfonamides is 1. The molecule has 7 heteroatoms. The van der Waals surface area contributed by atoms with E-state index in [0.717, 1.165) is 9.87 Å². The summed E-state index contributed by atoms with van der Waals surface area (Å²) in [5.41, 5.74) is 1.76. The summed E-state index contributed by atoms with van der Waals surface area (Å²) in [6.45, 7) is 4.55. The van der Waals surface area contributed by atoms with Gasteiger partial charge in [0, 0.05) is 18.7 Å². The van der Waals surface area contributed by atoms with Crippen molar-refractivity contribution in [2.75, 3.05) is 16.6 Å². The second-order valence-electron chi connectivity index (χ2n) is 6.63. The number of carbonyl (C=O) groups is 2. The third-order valence-corrected chi connectivity index (χ3v) is 6.46. The van der Waals surface area contributed by atoms with Gasteiger partial charge in [0.2, 0.25) is 15.9 Å². The molecule has 0 bridgehead atoms. The minimum atomic E-state index is -3.64. The summed E-state index contributed by atoms with van der Waals surface area (Å²) in [6, 6.07) is 15.9. The maximum absolute atomic E-state index is 12.8. The third-order valence-electron chi connectivity index (χ3n) is 4.59. The predicted molar refractivity (Wildman–Crippen MR) is 104 cm³/mol. The van der Waals surface area contributed by atoms with E-state index in [1.807, 2.05) is 37.3 Å². The summed E-state index contributed by atoms with van der Waals surface area (Å²) in [5, 5.41) is 0. The van der Waals surface area contributed by atoms with Crippen molar-refractivity contribution in [2.45, 2.75) is 20.4 Å². The lowest BCUT2D eigenvalue weighted by Gasteiger charge is -2.22. The Kier molecular flexibility index (Phi) is 5.32. The van der Waals surface area contributed by atoms with Crippen LogP contribution in [0.5, 0.6) is 0 Å². The van der Waals surface area contributed by atoms with Crippen molar-refractivity contribution in [3.05, 3.63) is 65.7 Å². The Morgan fingerprint density at radius 1 is 1.11 bits per heavy atom. The van der Waals surface area contributed by atoms with Gasteiger partial charge in [0.1, 0.15) is 0 Å².